The molecule has 2 atom stereocenters. The van der Waals surface area contributed by atoms with Gasteiger partial charge in [0.1, 0.15) is 5.69 Å². The molecule has 0 aliphatic heterocycles. The highest BCUT2D eigenvalue weighted by Crippen LogP contribution is 2.19. The Kier molecular flexibility index (Phi) is 3.52. The van der Waals surface area contributed by atoms with E-state index in [4.69, 9.17) is 0 Å². The van der Waals surface area contributed by atoms with Crippen LogP contribution in [0.4, 0.5) is 0 Å². The van der Waals surface area contributed by atoms with Crippen LogP contribution in [0, 0.1) is 6.92 Å². The number of hydrogen-bond donors (Lipinski definition) is 2. The van der Waals surface area contributed by atoms with Crippen LogP contribution in [-0.2, 0) is 7.05 Å². The summed E-state index contributed by atoms with van der Waals surface area (Å²) in [6, 6.07) is 3.65. The molecule has 1 aromatic heterocycles. The predicted molar refractivity (Wildman–Crippen MR) is 65.9 cm³/mol. The zero-order chi connectivity index (χ0) is 12.4. The molecular formula is C13H20N2O2. The standard InChI is InChI=1S/C13H20N2O2/c1-9-7-8-11(15(9)2)13(17)14-10-5-3-4-6-12(10)16/h7-8,10,12,16H,3-6H2,1-2H3,(H,14,17)/t10-,12-/m1/s1. The van der Waals surface area contributed by atoms with E-state index in [1.807, 2.05) is 30.7 Å². The third kappa shape index (κ3) is 2.52. The van der Waals surface area contributed by atoms with Gasteiger partial charge in [-0.1, -0.05) is 12.8 Å². The normalized spacial score (nSPS) is 24.6. The largest absolute Gasteiger partial charge is 0.391 e. The Bertz CT molecular complexity index is 412. The molecule has 1 aliphatic rings. The van der Waals surface area contributed by atoms with Gasteiger partial charge in [-0.15, -0.1) is 0 Å². The van der Waals surface area contributed by atoms with E-state index in [-0.39, 0.29) is 11.9 Å². The van der Waals surface area contributed by atoms with Crippen molar-refractivity contribution in [3.63, 3.8) is 0 Å². The van der Waals surface area contributed by atoms with Crippen LogP contribution >= 0.6 is 0 Å². The zero-order valence-corrected chi connectivity index (χ0v) is 10.4. The molecule has 0 spiro atoms. The van der Waals surface area contributed by atoms with Crippen LogP contribution in [0.3, 0.4) is 0 Å². The first-order chi connectivity index (χ1) is 8.09. The fraction of sp³-hybridized carbons (Fsp3) is 0.615. The van der Waals surface area contributed by atoms with Crippen LogP contribution in [0.2, 0.25) is 0 Å². The van der Waals surface area contributed by atoms with Crippen molar-refractivity contribution in [2.24, 2.45) is 7.05 Å². The van der Waals surface area contributed by atoms with Gasteiger partial charge in [0.15, 0.2) is 0 Å². The van der Waals surface area contributed by atoms with E-state index in [0.29, 0.717) is 5.69 Å². The van der Waals surface area contributed by atoms with Crippen LogP contribution in [0.25, 0.3) is 0 Å². The number of aliphatic hydroxyl groups excluding tert-OH is 1. The third-order valence-electron chi connectivity index (χ3n) is 3.65. The average molecular weight is 236 g/mol. The molecule has 0 bridgehead atoms. The number of aromatic nitrogens is 1. The number of aryl methyl sites for hydroxylation is 1. The van der Waals surface area contributed by atoms with Crippen molar-refractivity contribution in [2.45, 2.75) is 44.8 Å². The molecule has 94 valence electrons. The molecule has 2 rings (SSSR count). The number of carbonyl (C=O) groups is 1. The summed E-state index contributed by atoms with van der Waals surface area (Å²) in [7, 11) is 1.88. The lowest BCUT2D eigenvalue weighted by Crippen LogP contribution is -2.45. The van der Waals surface area contributed by atoms with Gasteiger partial charge in [0, 0.05) is 12.7 Å². The molecule has 2 N–H and O–H groups in total. The summed E-state index contributed by atoms with van der Waals surface area (Å²) in [5, 5.41) is 12.7. The average Bonchev–Trinajstić information content (AvgIpc) is 2.63. The second-order valence-corrected chi connectivity index (χ2v) is 4.85. The summed E-state index contributed by atoms with van der Waals surface area (Å²) in [6.07, 6.45) is 3.40. The first-order valence-corrected chi connectivity index (χ1v) is 6.21. The molecule has 1 amide bonds. The minimum absolute atomic E-state index is 0.0912. The second kappa shape index (κ2) is 4.92. The highest BCUT2D eigenvalue weighted by Gasteiger charge is 2.25. The van der Waals surface area contributed by atoms with Crippen LogP contribution in [0.1, 0.15) is 41.9 Å². The maximum atomic E-state index is 12.0. The van der Waals surface area contributed by atoms with Crippen molar-refractivity contribution in [1.82, 2.24) is 9.88 Å². The molecular weight excluding hydrogens is 216 g/mol. The second-order valence-electron chi connectivity index (χ2n) is 4.85. The topological polar surface area (TPSA) is 54.3 Å². The van der Waals surface area contributed by atoms with Crippen LogP contribution in [0.5, 0.6) is 0 Å². The maximum Gasteiger partial charge on any atom is 0.268 e. The van der Waals surface area contributed by atoms with E-state index in [1.165, 1.54) is 0 Å². The van der Waals surface area contributed by atoms with Gasteiger partial charge >= 0.3 is 0 Å². The van der Waals surface area contributed by atoms with E-state index < -0.39 is 6.10 Å². The molecule has 17 heavy (non-hydrogen) atoms. The fourth-order valence-corrected chi connectivity index (χ4v) is 2.36. The van der Waals surface area contributed by atoms with Crippen molar-refractivity contribution < 1.29 is 9.90 Å². The molecule has 1 aliphatic carbocycles. The summed E-state index contributed by atoms with van der Waals surface area (Å²) >= 11 is 0. The fourth-order valence-electron chi connectivity index (χ4n) is 2.36. The highest BCUT2D eigenvalue weighted by atomic mass is 16.3. The summed E-state index contributed by atoms with van der Waals surface area (Å²) in [5.41, 5.74) is 1.71. The molecule has 4 nitrogen and oxygen atoms in total. The van der Waals surface area contributed by atoms with Gasteiger partial charge in [0.05, 0.1) is 12.1 Å². The van der Waals surface area contributed by atoms with Gasteiger partial charge in [-0.2, -0.15) is 0 Å². The summed E-state index contributed by atoms with van der Waals surface area (Å²) < 4.78 is 1.87. The van der Waals surface area contributed by atoms with Crippen molar-refractivity contribution >= 4 is 5.91 Å². The van der Waals surface area contributed by atoms with Gasteiger partial charge in [-0.3, -0.25) is 4.79 Å². The lowest BCUT2D eigenvalue weighted by atomic mass is 9.92. The molecule has 1 fully saturated rings. The van der Waals surface area contributed by atoms with Crippen molar-refractivity contribution in [3.8, 4) is 0 Å². The number of rotatable bonds is 2. The molecule has 0 saturated heterocycles. The Morgan fingerprint density at radius 3 is 2.71 bits per heavy atom. The molecule has 0 unspecified atom stereocenters. The monoisotopic (exact) mass is 236 g/mol. The van der Waals surface area contributed by atoms with Gasteiger partial charge in [-0.25, -0.2) is 0 Å². The van der Waals surface area contributed by atoms with Crippen LogP contribution in [0.15, 0.2) is 12.1 Å². The lowest BCUT2D eigenvalue weighted by molar-refractivity contribution is 0.0711. The van der Waals surface area contributed by atoms with Gasteiger partial charge in [0.2, 0.25) is 0 Å². The Morgan fingerprint density at radius 2 is 2.12 bits per heavy atom. The Morgan fingerprint density at radius 1 is 1.41 bits per heavy atom. The smallest absolute Gasteiger partial charge is 0.268 e. The molecule has 0 aromatic carbocycles. The van der Waals surface area contributed by atoms with Gasteiger partial charge in [-0.05, 0) is 31.9 Å². The lowest BCUT2D eigenvalue weighted by Gasteiger charge is -2.28. The summed E-state index contributed by atoms with van der Waals surface area (Å²) in [4.78, 5) is 12.0. The SMILES string of the molecule is Cc1ccc(C(=O)N[C@@H]2CCCC[C@H]2O)n1C. The van der Waals surface area contributed by atoms with Crippen LogP contribution in [-0.4, -0.2) is 27.7 Å². The van der Waals surface area contributed by atoms with E-state index >= 15 is 0 Å². The number of nitrogens with zero attached hydrogens (tertiary/aromatic N) is 1. The highest BCUT2D eigenvalue weighted by molar-refractivity contribution is 5.93. The van der Waals surface area contributed by atoms with Gasteiger partial charge in [0.25, 0.3) is 5.91 Å². The molecule has 1 aromatic rings. The van der Waals surface area contributed by atoms with E-state index in [9.17, 15) is 9.90 Å². The van der Waals surface area contributed by atoms with Gasteiger partial charge < -0.3 is 15.0 Å². The number of hydrogen-bond acceptors (Lipinski definition) is 2. The first kappa shape index (κ1) is 12.2. The summed E-state index contributed by atoms with van der Waals surface area (Å²) in [6.45, 7) is 1.96. The number of amides is 1. The van der Waals surface area contributed by atoms with Crippen molar-refractivity contribution in [3.05, 3.63) is 23.5 Å². The molecule has 0 radical (unpaired) electrons. The third-order valence-corrected chi connectivity index (χ3v) is 3.65. The minimum Gasteiger partial charge on any atom is -0.391 e. The van der Waals surface area contributed by atoms with Crippen molar-refractivity contribution in [2.75, 3.05) is 0 Å². The van der Waals surface area contributed by atoms with E-state index in [0.717, 1.165) is 31.4 Å². The number of nitrogens with one attached hydrogen (secondary N) is 1. The number of carbonyl (C=O) groups excluding carboxylic acids is 1. The minimum atomic E-state index is -0.394. The molecule has 1 saturated carbocycles. The van der Waals surface area contributed by atoms with Crippen LogP contribution < -0.4 is 5.32 Å². The van der Waals surface area contributed by atoms with Crippen molar-refractivity contribution in [1.29, 1.82) is 0 Å². The number of aliphatic hydroxyl groups is 1. The summed E-state index contributed by atoms with van der Waals surface area (Å²) in [5.74, 6) is -0.0912. The predicted octanol–water partition coefficient (Wildman–Crippen LogP) is 1.37. The molecule has 1 heterocycles. The first-order valence-electron chi connectivity index (χ1n) is 6.21. The van der Waals surface area contributed by atoms with E-state index in [1.54, 1.807) is 0 Å². The Balaban J connectivity index is 2.03. The Labute approximate surface area is 102 Å². The zero-order valence-electron chi connectivity index (χ0n) is 10.4. The molecule has 4 heteroatoms. The quantitative estimate of drug-likeness (QED) is 0.814. The van der Waals surface area contributed by atoms with E-state index in [2.05, 4.69) is 5.32 Å². The maximum absolute atomic E-state index is 12.0. The Hall–Kier alpha value is -1.29.